The minimum atomic E-state index is -1.23. The number of morpholine rings is 1. The molecule has 0 saturated carbocycles. The zero-order valence-electron chi connectivity index (χ0n) is 11.8. The number of carbonyl (C=O) groups excluding carboxylic acids is 3. The molecule has 0 radical (unpaired) electrons. The second-order valence-corrected chi connectivity index (χ2v) is 5.43. The Morgan fingerprint density at radius 1 is 1.38 bits per heavy atom. The Hall–Kier alpha value is -2.16. The molecule has 116 valence electrons. The molecule has 2 heterocycles. The fourth-order valence-corrected chi connectivity index (χ4v) is 2.28. The monoisotopic (exact) mass is 299 g/mol. The van der Waals surface area contributed by atoms with Gasteiger partial charge in [-0.2, -0.15) is 0 Å². The van der Waals surface area contributed by atoms with Gasteiger partial charge in [-0.3, -0.25) is 14.9 Å². The van der Waals surface area contributed by atoms with Crippen molar-refractivity contribution in [2.45, 2.75) is 25.4 Å². The molecule has 2 aliphatic rings. The number of nitrogens with one attached hydrogen (secondary N) is 1. The van der Waals surface area contributed by atoms with Gasteiger partial charge < -0.3 is 19.6 Å². The number of nitrogens with zero attached hydrogens (tertiary/aromatic N) is 2. The molecule has 2 fully saturated rings. The van der Waals surface area contributed by atoms with Crippen molar-refractivity contribution in [1.82, 2.24) is 15.1 Å². The first-order valence-corrected chi connectivity index (χ1v) is 6.48. The second kappa shape index (κ2) is 5.32. The zero-order valence-corrected chi connectivity index (χ0v) is 11.8. The number of urea groups is 1. The van der Waals surface area contributed by atoms with Crippen LogP contribution in [-0.2, 0) is 19.1 Å². The molecule has 2 saturated heterocycles. The Labute approximate surface area is 120 Å². The summed E-state index contributed by atoms with van der Waals surface area (Å²) >= 11 is 0. The van der Waals surface area contributed by atoms with Crippen molar-refractivity contribution in [3.63, 3.8) is 0 Å². The molecule has 2 rings (SSSR count). The van der Waals surface area contributed by atoms with E-state index >= 15 is 0 Å². The van der Waals surface area contributed by atoms with Gasteiger partial charge in [0.1, 0.15) is 12.1 Å². The Kier molecular flexibility index (Phi) is 3.86. The van der Waals surface area contributed by atoms with E-state index in [4.69, 9.17) is 9.84 Å². The number of rotatable bonds is 1. The Bertz CT molecular complexity index is 503. The normalized spacial score (nSPS) is 25.5. The van der Waals surface area contributed by atoms with Crippen LogP contribution in [0, 0.1) is 0 Å². The molecule has 2 N–H and O–H groups in total. The van der Waals surface area contributed by atoms with E-state index in [1.165, 1.54) is 13.8 Å². The summed E-state index contributed by atoms with van der Waals surface area (Å²) in [6, 6.07) is -1.78. The van der Waals surface area contributed by atoms with E-state index in [0.717, 1.165) is 9.80 Å². The molecule has 0 spiro atoms. The smallest absolute Gasteiger partial charge is 0.328 e. The highest BCUT2D eigenvalue weighted by molar-refractivity contribution is 6.06. The average Bonchev–Trinajstić information content (AvgIpc) is 2.42. The third-order valence-electron chi connectivity index (χ3n) is 3.68. The predicted molar refractivity (Wildman–Crippen MR) is 68.3 cm³/mol. The van der Waals surface area contributed by atoms with E-state index < -0.39 is 35.4 Å². The maximum atomic E-state index is 12.6. The molecule has 0 aromatic heterocycles. The molecule has 9 heteroatoms. The highest BCUT2D eigenvalue weighted by Gasteiger charge is 2.47. The lowest BCUT2D eigenvalue weighted by molar-refractivity contribution is -0.148. The Morgan fingerprint density at radius 3 is 2.67 bits per heavy atom. The lowest BCUT2D eigenvalue weighted by atomic mass is 9.99. The third-order valence-corrected chi connectivity index (χ3v) is 3.68. The quantitative estimate of drug-likeness (QED) is 0.577. The molecular formula is C12H17N3O6. The first-order chi connectivity index (χ1) is 9.75. The molecule has 1 atom stereocenters. The van der Waals surface area contributed by atoms with Crippen LogP contribution in [-0.4, -0.2) is 76.6 Å². The van der Waals surface area contributed by atoms with E-state index in [1.54, 1.807) is 0 Å². The molecule has 0 aromatic carbocycles. The average molecular weight is 299 g/mol. The number of aliphatic carboxylic acids is 1. The molecule has 1 unspecified atom stereocenters. The zero-order chi connectivity index (χ0) is 15.8. The first kappa shape index (κ1) is 15.2. The maximum Gasteiger partial charge on any atom is 0.328 e. The summed E-state index contributed by atoms with van der Waals surface area (Å²) in [4.78, 5) is 49.3. The van der Waals surface area contributed by atoms with Crippen LogP contribution in [0.2, 0.25) is 0 Å². The molecule has 0 aliphatic carbocycles. The minimum absolute atomic E-state index is 0.0954. The van der Waals surface area contributed by atoms with Crippen LogP contribution in [0.3, 0.4) is 0 Å². The second-order valence-electron chi connectivity index (χ2n) is 5.43. The summed E-state index contributed by atoms with van der Waals surface area (Å²) in [5, 5.41) is 11.3. The van der Waals surface area contributed by atoms with Gasteiger partial charge in [0.05, 0.1) is 13.2 Å². The number of imide groups is 1. The molecule has 21 heavy (non-hydrogen) atoms. The predicted octanol–water partition coefficient (Wildman–Crippen LogP) is -1.37. The van der Waals surface area contributed by atoms with Gasteiger partial charge in [-0.05, 0) is 13.8 Å². The van der Waals surface area contributed by atoms with E-state index in [1.807, 2.05) is 0 Å². The summed E-state index contributed by atoms with van der Waals surface area (Å²) in [5.41, 5.74) is -1.23. The lowest BCUT2D eigenvalue weighted by Crippen LogP contribution is -2.69. The van der Waals surface area contributed by atoms with Gasteiger partial charge in [-0.15, -0.1) is 0 Å². The number of piperazine rings is 1. The number of carboxylic acids is 1. The van der Waals surface area contributed by atoms with Gasteiger partial charge in [-0.1, -0.05) is 0 Å². The largest absolute Gasteiger partial charge is 0.480 e. The first-order valence-electron chi connectivity index (χ1n) is 6.48. The fraction of sp³-hybridized carbons (Fsp3) is 0.667. The lowest BCUT2D eigenvalue weighted by Gasteiger charge is -2.44. The van der Waals surface area contributed by atoms with Crippen molar-refractivity contribution in [3.05, 3.63) is 0 Å². The van der Waals surface area contributed by atoms with Gasteiger partial charge in [0, 0.05) is 6.54 Å². The topological polar surface area (TPSA) is 116 Å². The van der Waals surface area contributed by atoms with Crippen molar-refractivity contribution in [2.75, 3.05) is 26.3 Å². The van der Waals surface area contributed by atoms with E-state index in [2.05, 4.69) is 5.32 Å². The van der Waals surface area contributed by atoms with Crippen LogP contribution in [0.1, 0.15) is 13.8 Å². The van der Waals surface area contributed by atoms with Crippen LogP contribution < -0.4 is 5.32 Å². The number of amides is 4. The van der Waals surface area contributed by atoms with Crippen LogP contribution >= 0.6 is 0 Å². The van der Waals surface area contributed by atoms with Crippen molar-refractivity contribution in [1.29, 1.82) is 0 Å². The third kappa shape index (κ3) is 2.68. The molecule has 0 bridgehead atoms. The number of hydrogen-bond acceptors (Lipinski definition) is 5. The Balaban J connectivity index is 2.26. The van der Waals surface area contributed by atoms with Gasteiger partial charge in [0.15, 0.2) is 6.04 Å². The maximum absolute atomic E-state index is 12.6. The van der Waals surface area contributed by atoms with Gasteiger partial charge in [0.25, 0.3) is 5.91 Å². The van der Waals surface area contributed by atoms with E-state index in [9.17, 15) is 19.2 Å². The molecule has 9 nitrogen and oxygen atoms in total. The van der Waals surface area contributed by atoms with Crippen LogP contribution in [0.25, 0.3) is 0 Å². The van der Waals surface area contributed by atoms with Crippen molar-refractivity contribution >= 4 is 23.8 Å². The van der Waals surface area contributed by atoms with Gasteiger partial charge >= 0.3 is 12.0 Å². The van der Waals surface area contributed by atoms with Gasteiger partial charge in [0.2, 0.25) is 5.91 Å². The van der Waals surface area contributed by atoms with Gasteiger partial charge in [-0.25, -0.2) is 9.59 Å². The summed E-state index contributed by atoms with van der Waals surface area (Å²) < 4.78 is 5.07. The highest BCUT2D eigenvalue weighted by Crippen LogP contribution is 2.22. The van der Waals surface area contributed by atoms with E-state index in [0.29, 0.717) is 0 Å². The number of carboxylic acid groups (broad SMARTS) is 1. The SMILES string of the molecule is CC1(C)C(=O)NC(=O)CN1C(=O)N1CCOCC1C(=O)O. The highest BCUT2D eigenvalue weighted by atomic mass is 16.5. The van der Waals surface area contributed by atoms with Crippen LogP contribution in [0.5, 0.6) is 0 Å². The summed E-state index contributed by atoms with van der Waals surface area (Å²) in [6.07, 6.45) is 0. The number of carbonyl (C=O) groups is 4. The summed E-state index contributed by atoms with van der Waals surface area (Å²) in [7, 11) is 0. The minimum Gasteiger partial charge on any atom is -0.480 e. The summed E-state index contributed by atoms with van der Waals surface area (Å²) in [5.74, 6) is -2.37. The molecule has 2 aliphatic heterocycles. The standard InChI is InChI=1S/C12H17N3O6/c1-12(2)10(19)13-8(16)5-15(12)11(20)14-3-4-21-6-7(14)9(17)18/h7H,3-6H2,1-2H3,(H,17,18)(H,13,16,19). The fourth-order valence-electron chi connectivity index (χ4n) is 2.28. The number of ether oxygens (including phenoxy) is 1. The molecular weight excluding hydrogens is 282 g/mol. The van der Waals surface area contributed by atoms with Crippen molar-refractivity contribution in [2.24, 2.45) is 0 Å². The van der Waals surface area contributed by atoms with Crippen molar-refractivity contribution < 1.29 is 29.0 Å². The summed E-state index contributed by atoms with van der Waals surface area (Å²) in [6.45, 7) is 2.91. The number of hydrogen-bond donors (Lipinski definition) is 2. The van der Waals surface area contributed by atoms with Crippen LogP contribution in [0.15, 0.2) is 0 Å². The van der Waals surface area contributed by atoms with E-state index in [-0.39, 0.29) is 26.3 Å². The van der Waals surface area contributed by atoms with Crippen LogP contribution in [0.4, 0.5) is 4.79 Å². The molecule has 0 aromatic rings. The Morgan fingerprint density at radius 2 is 2.05 bits per heavy atom. The van der Waals surface area contributed by atoms with Crippen molar-refractivity contribution in [3.8, 4) is 0 Å². The molecule has 4 amide bonds.